The number of nitrogens with one attached hydrogen (secondary N) is 1. The van der Waals surface area contributed by atoms with Crippen LogP contribution in [0.1, 0.15) is 5.69 Å². The molecule has 0 bridgehead atoms. The Hall–Kier alpha value is -4.07. The van der Waals surface area contributed by atoms with Gasteiger partial charge in [0, 0.05) is 31.1 Å². The summed E-state index contributed by atoms with van der Waals surface area (Å²) in [6.07, 6.45) is 1.65. The minimum atomic E-state index is -0.438. The molecule has 4 rings (SSSR count). The summed E-state index contributed by atoms with van der Waals surface area (Å²) in [6, 6.07) is 16.7. The van der Waals surface area contributed by atoms with E-state index >= 15 is 0 Å². The number of hydrogen-bond acceptors (Lipinski definition) is 6. The van der Waals surface area contributed by atoms with E-state index in [1.807, 2.05) is 54.1 Å². The predicted octanol–water partition coefficient (Wildman–Crippen LogP) is 3.54. The van der Waals surface area contributed by atoms with Crippen LogP contribution in [-0.2, 0) is 18.3 Å². The van der Waals surface area contributed by atoms with Gasteiger partial charge >= 0.3 is 0 Å². The van der Waals surface area contributed by atoms with Crippen LogP contribution in [0.2, 0.25) is 0 Å². The SMILES string of the molecule is COc1ccc(Nc2nc3cc(Oc4ccnc(CC(N)=O)c4)ccc3n2C)cc1. The number of nitrogens with two attached hydrogens (primary N) is 1. The summed E-state index contributed by atoms with van der Waals surface area (Å²) in [5.74, 6) is 2.27. The number of carbonyl (C=O) groups is 1. The first-order valence-corrected chi connectivity index (χ1v) is 9.30. The third-order valence-electron chi connectivity index (χ3n) is 4.58. The van der Waals surface area contributed by atoms with Crippen LogP contribution in [0, 0.1) is 0 Å². The van der Waals surface area contributed by atoms with Gasteiger partial charge in [0.2, 0.25) is 11.9 Å². The van der Waals surface area contributed by atoms with E-state index in [2.05, 4.69) is 15.3 Å². The second-order valence-electron chi connectivity index (χ2n) is 6.73. The first-order valence-electron chi connectivity index (χ1n) is 9.30. The van der Waals surface area contributed by atoms with E-state index < -0.39 is 5.91 Å². The highest BCUT2D eigenvalue weighted by Crippen LogP contribution is 2.28. The quantitative estimate of drug-likeness (QED) is 0.489. The predicted molar refractivity (Wildman–Crippen MR) is 114 cm³/mol. The number of nitrogens with zero attached hydrogens (tertiary/aromatic N) is 3. The molecule has 0 aliphatic heterocycles. The van der Waals surface area contributed by atoms with Crippen molar-refractivity contribution in [2.75, 3.05) is 12.4 Å². The second kappa shape index (κ2) is 8.12. The molecule has 2 heterocycles. The first kappa shape index (κ1) is 19.3. The Balaban J connectivity index is 1.56. The van der Waals surface area contributed by atoms with Crippen molar-refractivity contribution in [3.63, 3.8) is 0 Å². The van der Waals surface area contributed by atoms with E-state index in [9.17, 15) is 4.79 Å². The van der Waals surface area contributed by atoms with Gasteiger partial charge in [-0.15, -0.1) is 0 Å². The highest BCUT2D eigenvalue weighted by molar-refractivity contribution is 5.81. The van der Waals surface area contributed by atoms with Gasteiger partial charge in [-0.1, -0.05) is 0 Å². The summed E-state index contributed by atoms with van der Waals surface area (Å²) in [7, 11) is 3.58. The number of methoxy groups -OCH3 is 1. The van der Waals surface area contributed by atoms with Crippen molar-refractivity contribution in [2.45, 2.75) is 6.42 Å². The molecule has 0 fully saturated rings. The zero-order chi connectivity index (χ0) is 21.1. The Labute approximate surface area is 173 Å². The fourth-order valence-corrected chi connectivity index (χ4v) is 3.09. The molecular formula is C22H21N5O3. The molecule has 0 aliphatic rings. The van der Waals surface area contributed by atoms with Crippen LogP contribution in [0.5, 0.6) is 17.2 Å². The smallest absolute Gasteiger partial charge is 0.223 e. The average Bonchev–Trinajstić information content (AvgIpc) is 3.03. The van der Waals surface area contributed by atoms with Gasteiger partial charge in [0.25, 0.3) is 0 Å². The number of carbonyl (C=O) groups excluding carboxylic acids is 1. The molecule has 0 unspecified atom stereocenters. The summed E-state index contributed by atoms with van der Waals surface area (Å²) in [5.41, 5.74) is 8.45. The summed E-state index contributed by atoms with van der Waals surface area (Å²) in [6.45, 7) is 0. The highest BCUT2D eigenvalue weighted by atomic mass is 16.5. The fraction of sp³-hybridized carbons (Fsp3) is 0.136. The second-order valence-corrected chi connectivity index (χ2v) is 6.73. The van der Waals surface area contributed by atoms with Gasteiger partial charge in [-0.2, -0.15) is 0 Å². The van der Waals surface area contributed by atoms with E-state index in [-0.39, 0.29) is 6.42 Å². The minimum Gasteiger partial charge on any atom is -0.497 e. The number of primary amides is 1. The zero-order valence-electron chi connectivity index (χ0n) is 16.6. The monoisotopic (exact) mass is 403 g/mol. The number of benzene rings is 2. The molecule has 4 aromatic rings. The number of amides is 1. The normalized spacial score (nSPS) is 10.7. The van der Waals surface area contributed by atoms with Crippen molar-refractivity contribution >= 4 is 28.6 Å². The van der Waals surface area contributed by atoms with Gasteiger partial charge in [-0.3, -0.25) is 9.78 Å². The molecule has 152 valence electrons. The van der Waals surface area contributed by atoms with E-state index in [0.29, 0.717) is 23.1 Å². The van der Waals surface area contributed by atoms with Crippen molar-refractivity contribution < 1.29 is 14.3 Å². The Morgan fingerprint density at radius 3 is 2.53 bits per heavy atom. The number of hydrogen-bond donors (Lipinski definition) is 2. The maximum atomic E-state index is 11.1. The maximum Gasteiger partial charge on any atom is 0.223 e. The molecule has 2 aromatic carbocycles. The molecule has 0 saturated heterocycles. The number of aromatic nitrogens is 3. The topological polar surface area (TPSA) is 104 Å². The Kier molecular flexibility index (Phi) is 5.21. The number of pyridine rings is 1. The van der Waals surface area contributed by atoms with Crippen molar-refractivity contribution in [2.24, 2.45) is 12.8 Å². The molecule has 30 heavy (non-hydrogen) atoms. The van der Waals surface area contributed by atoms with Gasteiger partial charge < -0.3 is 25.1 Å². The standard InChI is InChI=1S/C22H21N5O3/c1-27-20-8-7-17(30-18-9-10-24-15(11-18)12-21(23)28)13-19(20)26-22(27)25-14-3-5-16(29-2)6-4-14/h3-11,13H,12H2,1-2H3,(H2,23,28)(H,25,26). The van der Waals surface area contributed by atoms with E-state index in [1.165, 1.54) is 0 Å². The number of rotatable bonds is 7. The molecule has 1 amide bonds. The zero-order valence-corrected chi connectivity index (χ0v) is 16.6. The summed E-state index contributed by atoms with van der Waals surface area (Å²) in [4.78, 5) is 19.9. The van der Waals surface area contributed by atoms with E-state index in [1.54, 1.807) is 25.4 Å². The molecular weight excluding hydrogens is 382 g/mol. The minimum absolute atomic E-state index is 0.0663. The van der Waals surface area contributed by atoms with Crippen LogP contribution in [-0.4, -0.2) is 27.6 Å². The summed E-state index contributed by atoms with van der Waals surface area (Å²) in [5, 5.41) is 3.31. The van der Waals surface area contributed by atoms with Gasteiger partial charge in [-0.25, -0.2) is 4.98 Å². The lowest BCUT2D eigenvalue weighted by Crippen LogP contribution is -2.14. The largest absolute Gasteiger partial charge is 0.497 e. The summed E-state index contributed by atoms with van der Waals surface area (Å²) < 4.78 is 13.1. The summed E-state index contributed by atoms with van der Waals surface area (Å²) >= 11 is 0. The lowest BCUT2D eigenvalue weighted by atomic mass is 10.2. The van der Waals surface area contributed by atoms with Crippen molar-refractivity contribution in [3.8, 4) is 17.2 Å². The third kappa shape index (κ3) is 4.17. The molecule has 0 spiro atoms. The molecule has 0 saturated carbocycles. The maximum absolute atomic E-state index is 11.1. The average molecular weight is 403 g/mol. The molecule has 0 aliphatic carbocycles. The number of anilines is 2. The van der Waals surface area contributed by atoms with E-state index in [0.717, 1.165) is 22.5 Å². The Morgan fingerprint density at radius 1 is 1.07 bits per heavy atom. The van der Waals surface area contributed by atoms with Crippen LogP contribution in [0.25, 0.3) is 11.0 Å². The van der Waals surface area contributed by atoms with Crippen molar-refractivity contribution in [3.05, 3.63) is 66.5 Å². The molecule has 0 atom stereocenters. The Morgan fingerprint density at radius 2 is 1.80 bits per heavy atom. The molecule has 8 nitrogen and oxygen atoms in total. The van der Waals surface area contributed by atoms with Crippen molar-refractivity contribution in [1.82, 2.24) is 14.5 Å². The van der Waals surface area contributed by atoms with Crippen LogP contribution in [0.3, 0.4) is 0 Å². The van der Waals surface area contributed by atoms with Crippen LogP contribution in [0.15, 0.2) is 60.8 Å². The van der Waals surface area contributed by atoms with Crippen molar-refractivity contribution in [1.29, 1.82) is 0 Å². The lowest BCUT2D eigenvalue weighted by molar-refractivity contribution is -0.117. The third-order valence-corrected chi connectivity index (χ3v) is 4.58. The van der Waals surface area contributed by atoms with Crippen LogP contribution >= 0.6 is 0 Å². The number of imidazole rings is 1. The molecule has 8 heteroatoms. The molecule has 3 N–H and O–H groups in total. The number of aryl methyl sites for hydroxylation is 1. The number of fused-ring (bicyclic) bond motifs is 1. The fourth-order valence-electron chi connectivity index (χ4n) is 3.09. The Bertz CT molecular complexity index is 1200. The first-order chi connectivity index (χ1) is 14.5. The van der Waals surface area contributed by atoms with Gasteiger partial charge in [-0.05, 0) is 42.5 Å². The van der Waals surface area contributed by atoms with Gasteiger partial charge in [0.15, 0.2) is 0 Å². The van der Waals surface area contributed by atoms with Gasteiger partial charge in [0.1, 0.15) is 17.2 Å². The lowest BCUT2D eigenvalue weighted by Gasteiger charge is -2.07. The van der Waals surface area contributed by atoms with Gasteiger partial charge in [0.05, 0.1) is 30.3 Å². The highest BCUT2D eigenvalue weighted by Gasteiger charge is 2.10. The van der Waals surface area contributed by atoms with Crippen LogP contribution < -0.4 is 20.5 Å². The number of ether oxygens (including phenoxy) is 2. The molecule has 0 radical (unpaired) electrons. The van der Waals surface area contributed by atoms with E-state index in [4.69, 9.17) is 15.2 Å². The molecule has 2 aromatic heterocycles. The van der Waals surface area contributed by atoms with Crippen LogP contribution in [0.4, 0.5) is 11.6 Å².